The number of aromatic nitrogens is 2. The summed E-state index contributed by atoms with van der Waals surface area (Å²) in [6.07, 6.45) is -4.26. The van der Waals surface area contributed by atoms with Crippen LogP contribution in [0.5, 0.6) is 0 Å². The van der Waals surface area contributed by atoms with Gasteiger partial charge in [0.05, 0.1) is 12.3 Å². The van der Waals surface area contributed by atoms with Crippen LogP contribution in [0.25, 0.3) is 0 Å². The summed E-state index contributed by atoms with van der Waals surface area (Å²) in [6.45, 7) is 2.25. The third-order valence-electron chi connectivity index (χ3n) is 2.14. The van der Waals surface area contributed by atoms with Gasteiger partial charge in [0.25, 0.3) is 0 Å². The van der Waals surface area contributed by atoms with Crippen LogP contribution >= 0.6 is 0 Å². The van der Waals surface area contributed by atoms with Crippen molar-refractivity contribution in [3.05, 3.63) is 17.3 Å². The zero-order valence-electron chi connectivity index (χ0n) is 10.6. The van der Waals surface area contributed by atoms with E-state index >= 15 is 0 Å². The van der Waals surface area contributed by atoms with Crippen LogP contribution in [0.4, 0.5) is 23.4 Å². The molecule has 0 spiro atoms. The Balaban J connectivity index is 2.59. The predicted molar refractivity (Wildman–Crippen MR) is 61.5 cm³/mol. The van der Waals surface area contributed by atoms with Gasteiger partial charge in [0.1, 0.15) is 12.4 Å². The number of alkyl halides is 3. The van der Waals surface area contributed by atoms with Gasteiger partial charge in [-0.25, -0.2) is 14.4 Å². The number of aryl methyl sites for hydroxylation is 1. The van der Waals surface area contributed by atoms with Crippen molar-refractivity contribution in [1.29, 1.82) is 0 Å². The summed E-state index contributed by atoms with van der Waals surface area (Å²) in [6, 6.07) is 0. The minimum absolute atomic E-state index is 0.0563. The lowest BCUT2D eigenvalue weighted by atomic mass is 10.3. The lowest BCUT2D eigenvalue weighted by Gasteiger charge is -2.10. The van der Waals surface area contributed by atoms with Crippen LogP contribution in [0, 0.1) is 12.7 Å². The van der Waals surface area contributed by atoms with E-state index in [0.717, 1.165) is 0 Å². The van der Waals surface area contributed by atoms with E-state index in [1.165, 1.54) is 6.92 Å². The zero-order chi connectivity index (χ0) is 14.5. The minimum atomic E-state index is -4.35. The fraction of sp³-hybridized carbons (Fsp3) is 0.636. The largest absolute Gasteiger partial charge is 0.411 e. The van der Waals surface area contributed by atoms with E-state index < -0.39 is 18.6 Å². The highest BCUT2D eigenvalue weighted by Gasteiger charge is 2.27. The van der Waals surface area contributed by atoms with Gasteiger partial charge in [-0.05, 0) is 13.8 Å². The lowest BCUT2D eigenvalue weighted by molar-refractivity contribution is -0.173. The Hall–Kier alpha value is -1.44. The molecule has 0 atom stereocenters. The number of halogens is 4. The molecule has 108 valence electrons. The van der Waals surface area contributed by atoms with Crippen molar-refractivity contribution in [3.8, 4) is 0 Å². The number of rotatable bonds is 6. The molecule has 19 heavy (non-hydrogen) atoms. The summed E-state index contributed by atoms with van der Waals surface area (Å²) in [5.74, 6) is -0.250. The molecule has 1 aromatic rings. The molecule has 1 N–H and O–H groups in total. The first-order valence-electron chi connectivity index (χ1n) is 5.75. The first kappa shape index (κ1) is 15.6. The van der Waals surface area contributed by atoms with Gasteiger partial charge < -0.3 is 10.1 Å². The Morgan fingerprint density at radius 1 is 1.26 bits per heavy atom. The zero-order valence-corrected chi connectivity index (χ0v) is 10.6. The van der Waals surface area contributed by atoms with E-state index in [2.05, 4.69) is 20.0 Å². The van der Waals surface area contributed by atoms with E-state index in [4.69, 9.17) is 0 Å². The predicted octanol–water partition coefficient (Wildman–Crippen LogP) is 2.48. The highest BCUT2D eigenvalue weighted by Crippen LogP contribution is 2.16. The molecular formula is C11H15F4N3O. The van der Waals surface area contributed by atoms with Gasteiger partial charge in [0.2, 0.25) is 0 Å². The number of hydrogen-bond donors (Lipinski definition) is 1. The van der Waals surface area contributed by atoms with Gasteiger partial charge in [-0.2, -0.15) is 13.2 Å². The van der Waals surface area contributed by atoms with Gasteiger partial charge in [0.15, 0.2) is 11.6 Å². The summed E-state index contributed by atoms with van der Waals surface area (Å²) < 4.78 is 53.5. The molecular weight excluding hydrogens is 266 g/mol. The quantitative estimate of drug-likeness (QED) is 0.643. The van der Waals surface area contributed by atoms with Crippen molar-refractivity contribution < 1.29 is 22.3 Å². The van der Waals surface area contributed by atoms with Crippen LogP contribution in [0.15, 0.2) is 0 Å². The Kier molecular flexibility index (Phi) is 5.46. The maximum absolute atomic E-state index is 13.5. The van der Waals surface area contributed by atoms with Gasteiger partial charge in [-0.3, -0.25) is 0 Å². The molecule has 1 aromatic heterocycles. The third kappa shape index (κ3) is 5.37. The first-order chi connectivity index (χ1) is 8.83. The summed E-state index contributed by atoms with van der Waals surface area (Å²) in [5, 5.41) is 2.72. The Morgan fingerprint density at radius 3 is 2.53 bits per heavy atom. The molecule has 0 amide bonds. The maximum atomic E-state index is 13.5. The Bertz CT molecular complexity index is 423. The Labute approximate surface area is 108 Å². The van der Waals surface area contributed by atoms with Crippen LogP contribution in [-0.4, -0.2) is 35.9 Å². The summed E-state index contributed by atoms with van der Waals surface area (Å²) in [5.41, 5.74) is 0.150. The standard InChI is InChI=1S/C11H15F4N3O/c1-3-16-10-9(12)7(2)17-8(18-10)4-5-19-6-11(13,14)15/h3-6H2,1-2H3,(H,16,17,18). The number of nitrogens with zero attached hydrogens (tertiary/aromatic N) is 2. The van der Waals surface area contributed by atoms with Crippen LogP contribution in [0.1, 0.15) is 18.4 Å². The molecule has 0 aliphatic carbocycles. The second-order valence-corrected chi connectivity index (χ2v) is 3.84. The number of hydrogen-bond acceptors (Lipinski definition) is 4. The molecule has 0 unspecified atom stereocenters. The van der Waals surface area contributed by atoms with Crippen LogP contribution in [0.2, 0.25) is 0 Å². The average molecular weight is 281 g/mol. The van der Waals surface area contributed by atoms with Gasteiger partial charge >= 0.3 is 6.18 Å². The monoisotopic (exact) mass is 281 g/mol. The van der Waals surface area contributed by atoms with Crippen molar-refractivity contribution in [1.82, 2.24) is 9.97 Å². The molecule has 0 radical (unpaired) electrons. The van der Waals surface area contributed by atoms with E-state index in [-0.39, 0.29) is 30.4 Å². The molecule has 0 aliphatic heterocycles. The van der Waals surface area contributed by atoms with Crippen molar-refractivity contribution in [2.45, 2.75) is 26.4 Å². The molecule has 0 saturated carbocycles. The second-order valence-electron chi connectivity index (χ2n) is 3.84. The van der Waals surface area contributed by atoms with E-state index in [9.17, 15) is 17.6 Å². The van der Waals surface area contributed by atoms with Gasteiger partial charge in [0, 0.05) is 13.0 Å². The van der Waals surface area contributed by atoms with Crippen LogP contribution in [-0.2, 0) is 11.2 Å². The smallest absolute Gasteiger partial charge is 0.372 e. The van der Waals surface area contributed by atoms with Crippen molar-refractivity contribution in [3.63, 3.8) is 0 Å². The minimum Gasteiger partial charge on any atom is -0.372 e. The maximum Gasteiger partial charge on any atom is 0.411 e. The molecule has 0 aliphatic rings. The van der Waals surface area contributed by atoms with Crippen LogP contribution < -0.4 is 5.32 Å². The summed E-state index contributed by atoms with van der Waals surface area (Å²) >= 11 is 0. The van der Waals surface area contributed by atoms with Crippen molar-refractivity contribution in [2.75, 3.05) is 25.1 Å². The van der Waals surface area contributed by atoms with Crippen molar-refractivity contribution >= 4 is 5.82 Å². The van der Waals surface area contributed by atoms with E-state index in [1.54, 1.807) is 6.92 Å². The molecule has 0 fully saturated rings. The van der Waals surface area contributed by atoms with Gasteiger partial charge in [-0.15, -0.1) is 0 Å². The highest BCUT2D eigenvalue weighted by molar-refractivity contribution is 5.37. The normalized spacial score (nSPS) is 11.7. The summed E-state index contributed by atoms with van der Waals surface area (Å²) in [7, 11) is 0. The van der Waals surface area contributed by atoms with Crippen molar-refractivity contribution in [2.24, 2.45) is 0 Å². The molecule has 0 aromatic carbocycles. The number of ether oxygens (including phenoxy) is 1. The average Bonchev–Trinajstić information content (AvgIpc) is 2.30. The fourth-order valence-corrected chi connectivity index (χ4v) is 1.36. The molecule has 0 bridgehead atoms. The molecule has 0 saturated heterocycles. The topological polar surface area (TPSA) is 47.0 Å². The second kappa shape index (κ2) is 6.65. The summed E-state index contributed by atoms with van der Waals surface area (Å²) in [4.78, 5) is 7.76. The first-order valence-corrected chi connectivity index (χ1v) is 5.75. The molecule has 4 nitrogen and oxygen atoms in total. The SMILES string of the molecule is CCNc1nc(CCOCC(F)(F)F)nc(C)c1F. The lowest BCUT2D eigenvalue weighted by Crippen LogP contribution is -2.18. The molecule has 8 heteroatoms. The third-order valence-corrected chi connectivity index (χ3v) is 2.14. The number of nitrogens with one attached hydrogen (secondary N) is 1. The highest BCUT2D eigenvalue weighted by atomic mass is 19.4. The number of anilines is 1. The fourth-order valence-electron chi connectivity index (χ4n) is 1.36. The Morgan fingerprint density at radius 2 is 1.95 bits per heavy atom. The molecule has 1 heterocycles. The van der Waals surface area contributed by atoms with E-state index in [1.807, 2.05) is 0 Å². The van der Waals surface area contributed by atoms with Gasteiger partial charge in [-0.1, -0.05) is 0 Å². The van der Waals surface area contributed by atoms with E-state index in [0.29, 0.717) is 6.54 Å². The molecule has 1 rings (SSSR count). The van der Waals surface area contributed by atoms with Crippen LogP contribution in [0.3, 0.4) is 0 Å².